The number of hydrogen-bond donors (Lipinski definition) is 0. The van der Waals surface area contributed by atoms with E-state index in [9.17, 15) is 4.79 Å². The maximum absolute atomic E-state index is 12.7. The number of fused-ring (bicyclic) bond motifs is 2. The molecule has 23 heavy (non-hydrogen) atoms. The summed E-state index contributed by atoms with van der Waals surface area (Å²) in [4.78, 5) is 14.8. The second-order valence-corrected chi connectivity index (χ2v) is 8.72. The van der Waals surface area contributed by atoms with Crippen molar-refractivity contribution in [1.29, 1.82) is 0 Å². The number of rotatable bonds is 3. The van der Waals surface area contributed by atoms with E-state index in [1.807, 2.05) is 19.1 Å². The van der Waals surface area contributed by atoms with Crippen molar-refractivity contribution in [2.75, 3.05) is 13.2 Å². The molecule has 0 unspecified atom stereocenters. The molecule has 126 valence electrons. The predicted molar refractivity (Wildman–Crippen MR) is 92.7 cm³/mol. The highest BCUT2D eigenvalue weighted by atomic mass is 16.5. The zero-order valence-electron chi connectivity index (χ0n) is 15.1. The van der Waals surface area contributed by atoms with Crippen molar-refractivity contribution in [3.63, 3.8) is 0 Å². The van der Waals surface area contributed by atoms with Gasteiger partial charge >= 0.3 is 0 Å². The zero-order valence-corrected chi connectivity index (χ0v) is 15.1. The van der Waals surface area contributed by atoms with Crippen molar-refractivity contribution in [3.05, 3.63) is 29.3 Å². The number of amides is 1. The van der Waals surface area contributed by atoms with Crippen molar-refractivity contribution in [2.24, 2.45) is 10.8 Å². The molecule has 1 heterocycles. The number of benzene rings is 1. The molecule has 1 aliphatic heterocycles. The minimum absolute atomic E-state index is 0.136. The molecule has 1 amide bonds. The van der Waals surface area contributed by atoms with E-state index in [4.69, 9.17) is 4.74 Å². The minimum atomic E-state index is 0.136. The van der Waals surface area contributed by atoms with Crippen molar-refractivity contribution >= 4 is 5.91 Å². The van der Waals surface area contributed by atoms with Gasteiger partial charge in [-0.3, -0.25) is 4.79 Å². The third-order valence-electron chi connectivity index (χ3n) is 5.64. The van der Waals surface area contributed by atoms with E-state index in [2.05, 4.69) is 38.7 Å². The van der Waals surface area contributed by atoms with Gasteiger partial charge in [-0.15, -0.1) is 0 Å². The molecule has 2 fully saturated rings. The van der Waals surface area contributed by atoms with E-state index in [0.29, 0.717) is 11.5 Å². The number of aryl methyl sites for hydroxylation is 1. The van der Waals surface area contributed by atoms with Gasteiger partial charge in [0.05, 0.1) is 0 Å². The van der Waals surface area contributed by atoms with Crippen LogP contribution in [-0.4, -0.2) is 30.0 Å². The Morgan fingerprint density at radius 2 is 2.00 bits per heavy atom. The van der Waals surface area contributed by atoms with Gasteiger partial charge in [-0.1, -0.05) is 32.9 Å². The number of likely N-dealkylation sites (tertiary alicyclic amines) is 1. The van der Waals surface area contributed by atoms with Crippen LogP contribution in [0, 0.1) is 24.7 Å². The molecule has 1 saturated heterocycles. The second kappa shape index (κ2) is 5.54. The molecule has 3 nitrogen and oxygen atoms in total. The van der Waals surface area contributed by atoms with Gasteiger partial charge in [0.25, 0.3) is 5.91 Å². The molecule has 2 aliphatic rings. The Hall–Kier alpha value is -1.51. The fraction of sp³-hybridized carbons (Fsp3) is 0.650. The lowest BCUT2D eigenvalue weighted by Crippen LogP contribution is -2.40. The number of nitrogens with zero attached hydrogens (tertiary/aromatic N) is 1. The van der Waals surface area contributed by atoms with Gasteiger partial charge in [-0.2, -0.15) is 0 Å². The van der Waals surface area contributed by atoms with Crippen LogP contribution in [0.4, 0.5) is 0 Å². The number of carbonyl (C=O) groups is 1. The summed E-state index contributed by atoms with van der Waals surface area (Å²) in [7, 11) is 0. The third kappa shape index (κ3) is 3.24. The molecular weight excluding hydrogens is 286 g/mol. The smallest absolute Gasteiger partial charge is 0.260 e. The van der Waals surface area contributed by atoms with Crippen LogP contribution in [0.3, 0.4) is 0 Å². The first-order valence-electron chi connectivity index (χ1n) is 8.68. The highest BCUT2D eigenvalue weighted by Crippen LogP contribution is 2.52. The van der Waals surface area contributed by atoms with Crippen LogP contribution in [0.15, 0.2) is 18.2 Å². The summed E-state index contributed by atoms with van der Waals surface area (Å²) < 4.78 is 5.83. The van der Waals surface area contributed by atoms with Crippen LogP contribution < -0.4 is 4.74 Å². The van der Waals surface area contributed by atoms with E-state index in [1.165, 1.54) is 12.0 Å². The van der Waals surface area contributed by atoms with E-state index in [1.54, 1.807) is 0 Å². The fourth-order valence-electron chi connectivity index (χ4n) is 4.85. The Morgan fingerprint density at radius 3 is 2.74 bits per heavy atom. The molecule has 1 saturated carbocycles. The summed E-state index contributed by atoms with van der Waals surface area (Å²) in [5, 5.41) is 0. The first-order valence-corrected chi connectivity index (χ1v) is 8.68. The third-order valence-corrected chi connectivity index (χ3v) is 5.64. The van der Waals surface area contributed by atoms with E-state index >= 15 is 0 Å². The Labute approximate surface area is 140 Å². The van der Waals surface area contributed by atoms with E-state index in [-0.39, 0.29) is 17.9 Å². The molecule has 2 bridgehead atoms. The van der Waals surface area contributed by atoms with Gasteiger partial charge in [-0.05, 0) is 61.1 Å². The summed E-state index contributed by atoms with van der Waals surface area (Å²) in [5.41, 5.74) is 2.93. The summed E-state index contributed by atoms with van der Waals surface area (Å²) in [6.07, 6.45) is 3.46. The average Bonchev–Trinajstić information content (AvgIpc) is 2.69. The maximum Gasteiger partial charge on any atom is 0.260 e. The monoisotopic (exact) mass is 315 g/mol. The Morgan fingerprint density at radius 1 is 1.26 bits per heavy atom. The predicted octanol–water partition coefficient (Wildman–Crippen LogP) is 4.11. The molecule has 0 spiro atoms. The molecule has 0 radical (unpaired) electrons. The Balaban J connectivity index is 1.67. The van der Waals surface area contributed by atoms with Crippen molar-refractivity contribution in [1.82, 2.24) is 4.90 Å². The maximum atomic E-state index is 12.7. The Bertz CT molecular complexity index is 622. The fourth-order valence-corrected chi connectivity index (χ4v) is 4.85. The summed E-state index contributed by atoms with van der Waals surface area (Å²) in [6, 6.07) is 6.38. The first-order chi connectivity index (χ1) is 10.7. The lowest BCUT2D eigenvalue weighted by Gasteiger charge is -2.39. The lowest BCUT2D eigenvalue weighted by atomic mass is 9.65. The SMILES string of the molecule is Cc1cccc(OCC(=O)N2C[C@]3(C)C[C@H]2CC(C)(C)C3)c1C. The molecule has 1 aliphatic carbocycles. The van der Waals surface area contributed by atoms with Crippen molar-refractivity contribution in [2.45, 2.75) is 59.9 Å². The van der Waals surface area contributed by atoms with Crippen LogP contribution in [0.2, 0.25) is 0 Å². The van der Waals surface area contributed by atoms with E-state index < -0.39 is 0 Å². The summed E-state index contributed by atoms with van der Waals surface area (Å²) in [5.74, 6) is 0.962. The summed E-state index contributed by atoms with van der Waals surface area (Å²) >= 11 is 0. The molecule has 0 N–H and O–H groups in total. The normalized spacial score (nSPS) is 28.7. The van der Waals surface area contributed by atoms with Gasteiger partial charge in [0.15, 0.2) is 6.61 Å². The largest absolute Gasteiger partial charge is 0.483 e. The number of ether oxygens (including phenoxy) is 1. The average molecular weight is 315 g/mol. The van der Waals surface area contributed by atoms with Gasteiger partial charge in [0.2, 0.25) is 0 Å². The standard InChI is InChI=1S/C20H29NO2/c1-14-7-6-8-17(15(14)2)23-11-18(22)21-13-20(5)10-16(21)9-19(3,4)12-20/h6-8,16H,9-13H2,1-5H3/t16-,20-/m1/s1. The summed E-state index contributed by atoms with van der Waals surface area (Å²) in [6.45, 7) is 12.1. The molecule has 0 aromatic heterocycles. The lowest BCUT2D eigenvalue weighted by molar-refractivity contribution is -0.134. The quantitative estimate of drug-likeness (QED) is 0.840. The number of hydrogen-bond acceptors (Lipinski definition) is 2. The molecule has 2 atom stereocenters. The second-order valence-electron chi connectivity index (χ2n) is 8.72. The molecule has 3 rings (SSSR count). The van der Waals surface area contributed by atoms with Crippen molar-refractivity contribution < 1.29 is 9.53 Å². The molecular formula is C20H29NO2. The number of carbonyl (C=O) groups excluding carboxylic acids is 1. The van der Waals surface area contributed by atoms with Crippen LogP contribution in [0.1, 0.15) is 51.2 Å². The Kier molecular flexibility index (Phi) is 3.94. The van der Waals surface area contributed by atoms with Crippen molar-refractivity contribution in [3.8, 4) is 5.75 Å². The highest BCUT2D eigenvalue weighted by Gasteiger charge is 2.50. The van der Waals surface area contributed by atoms with Gasteiger partial charge < -0.3 is 9.64 Å². The van der Waals surface area contributed by atoms with Crippen LogP contribution in [0.25, 0.3) is 0 Å². The van der Waals surface area contributed by atoms with E-state index in [0.717, 1.165) is 30.7 Å². The van der Waals surface area contributed by atoms with Crippen LogP contribution in [-0.2, 0) is 4.79 Å². The molecule has 1 aromatic carbocycles. The minimum Gasteiger partial charge on any atom is -0.483 e. The molecule has 3 heteroatoms. The highest BCUT2D eigenvalue weighted by molar-refractivity contribution is 5.78. The van der Waals surface area contributed by atoms with Gasteiger partial charge in [0, 0.05) is 12.6 Å². The van der Waals surface area contributed by atoms with Gasteiger partial charge in [-0.25, -0.2) is 0 Å². The first kappa shape index (κ1) is 16.4. The van der Waals surface area contributed by atoms with Crippen LogP contribution >= 0.6 is 0 Å². The molecule has 1 aromatic rings. The van der Waals surface area contributed by atoms with Crippen LogP contribution in [0.5, 0.6) is 5.75 Å². The topological polar surface area (TPSA) is 29.5 Å². The zero-order chi connectivity index (χ0) is 16.8. The van der Waals surface area contributed by atoms with Gasteiger partial charge in [0.1, 0.15) is 5.75 Å².